The van der Waals surface area contributed by atoms with Crippen LogP contribution in [0.5, 0.6) is 0 Å². The standard InChI is InChI=1S/C12H22NS.ClH/c1-3-8-13(11-12-14-4-2)9-6-5-7-10-13;/h3-10H2,1-2H3;1H/q+1;/p-1. The van der Waals surface area contributed by atoms with Gasteiger partial charge in [0.15, 0.2) is 0 Å². The number of nitrogens with zero attached hydrogens (tertiary/aromatic N) is 1. The molecule has 0 radical (unpaired) electrons. The Morgan fingerprint density at radius 3 is 2.33 bits per heavy atom. The Kier molecular flexibility index (Phi) is 8.42. The molecule has 0 bridgehead atoms. The first-order chi connectivity index (χ1) is 6.83. The van der Waals surface area contributed by atoms with E-state index < -0.39 is 0 Å². The summed E-state index contributed by atoms with van der Waals surface area (Å²) in [5, 5.41) is 3.27. The van der Waals surface area contributed by atoms with Gasteiger partial charge in [-0.3, -0.25) is 0 Å². The van der Waals surface area contributed by atoms with E-state index in [0.29, 0.717) is 0 Å². The van der Waals surface area contributed by atoms with Crippen molar-refractivity contribution in [1.82, 2.24) is 0 Å². The second-order valence-corrected chi connectivity index (χ2v) is 5.09. The van der Waals surface area contributed by atoms with Crippen LogP contribution in [0.1, 0.15) is 39.5 Å². The first kappa shape index (κ1) is 15.2. The summed E-state index contributed by atoms with van der Waals surface area (Å²) in [4.78, 5) is 0. The zero-order valence-corrected chi connectivity index (χ0v) is 11.5. The monoisotopic (exact) mass is 247 g/mol. The number of quaternary nitrogens is 1. The summed E-state index contributed by atoms with van der Waals surface area (Å²) in [5.74, 6) is 1.11. The lowest BCUT2D eigenvalue weighted by atomic mass is 10.1. The molecule has 1 rings (SSSR count). The van der Waals surface area contributed by atoms with Gasteiger partial charge in [-0.2, -0.15) is 0 Å². The van der Waals surface area contributed by atoms with Gasteiger partial charge in [0, 0.05) is 11.0 Å². The largest absolute Gasteiger partial charge is 1.00 e. The van der Waals surface area contributed by atoms with E-state index in [1.54, 1.807) is 11.8 Å². The quantitative estimate of drug-likeness (QED) is 0.503. The molecule has 0 aromatic rings. The lowest BCUT2D eigenvalue weighted by Gasteiger charge is -2.34. The van der Waals surface area contributed by atoms with Gasteiger partial charge in [-0.25, -0.2) is 4.48 Å². The molecule has 0 aliphatic carbocycles. The average molecular weight is 248 g/mol. The molecule has 0 aromatic carbocycles. The van der Waals surface area contributed by atoms with Crippen molar-refractivity contribution in [3.63, 3.8) is 0 Å². The molecule has 0 atom stereocenters. The number of hydrogen-bond donors (Lipinski definition) is 0. The van der Waals surface area contributed by atoms with E-state index in [9.17, 15) is 0 Å². The van der Waals surface area contributed by atoms with Crippen LogP contribution < -0.4 is 12.4 Å². The van der Waals surface area contributed by atoms with E-state index in [4.69, 9.17) is 0 Å². The maximum absolute atomic E-state index is 3.49. The molecule has 0 saturated carbocycles. The van der Waals surface area contributed by atoms with E-state index >= 15 is 0 Å². The van der Waals surface area contributed by atoms with Crippen LogP contribution in [0.3, 0.4) is 0 Å². The molecule has 1 nitrogen and oxygen atoms in total. The Morgan fingerprint density at radius 1 is 1.13 bits per heavy atom. The number of halogens is 1. The van der Waals surface area contributed by atoms with E-state index in [-0.39, 0.29) is 12.4 Å². The first-order valence-electron chi connectivity index (χ1n) is 5.83. The van der Waals surface area contributed by atoms with Gasteiger partial charge in [0.25, 0.3) is 0 Å². The Hall–Kier alpha value is 0.160. The third-order valence-electron chi connectivity index (χ3n) is 2.82. The Balaban J connectivity index is 0.00000196. The van der Waals surface area contributed by atoms with Gasteiger partial charge in [-0.05, 0) is 25.7 Å². The van der Waals surface area contributed by atoms with Crippen LogP contribution in [-0.4, -0.2) is 29.9 Å². The minimum atomic E-state index is 0. The highest BCUT2D eigenvalue weighted by Gasteiger charge is 2.27. The van der Waals surface area contributed by atoms with E-state index in [1.165, 1.54) is 45.3 Å². The number of piperidine rings is 1. The van der Waals surface area contributed by atoms with Crippen molar-refractivity contribution in [2.24, 2.45) is 0 Å². The minimum Gasteiger partial charge on any atom is -1.00 e. The van der Waals surface area contributed by atoms with Crippen LogP contribution in [-0.2, 0) is 0 Å². The molecule has 0 amide bonds. The van der Waals surface area contributed by atoms with Crippen molar-refractivity contribution in [1.29, 1.82) is 0 Å². The fourth-order valence-electron chi connectivity index (χ4n) is 2.14. The Morgan fingerprint density at radius 2 is 1.80 bits per heavy atom. The predicted molar refractivity (Wildman–Crippen MR) is 64.9 cm³/mol. The zero-order chi connectivity index (χ0) is 10.3. The van der Waals surface area contributed by atoms with Gasteiger partial charge in [-0.1, -0.05) is 25.6 Å². The molecular formula is C12H22ClNS. The Labute approximate surface area is 105 Å². The molecule has 0 spiro atoms. The number of hydrogen-bond acceptors (Lipinski definition) is 1. The van der Waals surface area contributed by atoms with Crippen LogP contribution in [0.4, 0.5) is 0 Å². The fourth-order valence-corrected chi connectivity index (χ4v) is 2.54. The molecule has 1 heterocycles. The summed E-state index contributed by atoms with van der Waals surface area (Å²) in [7, 11) is 0. The molecule has 1 fully saturated rings. The van der Waals surface area contributed by atoms with Gasteiger partial charge in [0.1, 0.15) is 6.04 Å². The van der Waals surface area contributed by atoms with E-state index in [0.717, 1.165) is 10.2 Å². The normalized spacial score (nSPS) is 18.5. The summed E-state index contributed by atoms with van der Waals surface area (Å²) >= 11 is 1.75. The third kappa shape index (κ3) is 5.15. The summed E-state index contributed by atoms with van der Waals surface area (Å²) in [6.45, 7) is 8.25. The van der Waals surface area contributed by atoms with Crippen molar-refractivity contribution >= 4 is 11.8 Å². The molecule has 1 aliphatic heterocycles. The molecule has 15 heavy (non-hydrogen) atoms. The van der Waals surface area contributed by atoms with Gasteiger partial charge in [-0.15, -0.1) is 0 Å². The molecule has 3 heteroatoms. The third-order valence-corrected chi connectivity index (χ3v) is 3.35. The first-order valence-corrected chi connectivity index (χ1v) is 6.81. The molecular weight excluding hydrogens is 226 g/mol. The number of thioether (sulfide) groups is 1. The molecule has 1 aliphatic rings. The highest BCUT2D eigenvalue weighted by atomic mass is 35.5. The van der Waals surface area contributed by atoms with Crippen LogP contribution in [0, 0.1) is 11.3 Å². The molecule has 0 aromatic heterocycles. The second-order valence-electron chi connectivity index (χ2n) is 4.02. The van der Waals surface area contributed by atoms with Crippen molar-refractivity contribution in [3.05, 3.63) is 0 Å². The summed E-state index contributed by atoms with van der Waals surface area (Å²) in [5.41, 5.74) is 0. The lowest BCUT2D eigenvalue weighted by Crippen LogP contribution is -3.00. The summed E-state index contributed by atoms with van der Waals surface area (Å²) in [6, 6.07) is 3.49. The number of rotatable bonds is 3. The van der Waals surface area contributed by atoms with Gasteiger partial charge in [0.05, 0.1) is 19.6 Å². The predicted octanol–water partition coefficient (Wildman–Crippen LogP) is 0.0726. The maximum Gasteiger partial charge on any atom is 0.149 e. The van der Waals surface area contributed by atoms with Crippen molar-refractivity contribution < 1.29 is 16.9 Å². The molecule has 1 saturated heterocycles. The summed E-state index contributed by atoms with van der Waals surface area (Å²) < 4.78 is 1.07. The number of likely N-dealkylation sites (tertiary alicyclic amines) is 1. The fraction of sp³-hybridized carbons (Fsp3) is 0.833. The van der Waals surface area contributed by atoms with Gasteiger partial charge < -0.3 is 12.4 Å². The van der Waals surface area contributed by atoms with Crippen LogP contribution in [0.2, 0.25) is 0 Å². The van der Waals surface area contributed by atoms with Crippen molar-refractivity contribution in [2.75, 3.05) is 25.4 Å². The molecule has 0 unspecified atom stereocenters. The van der Waals surface area contributed by atoms with Crippen molar-refractivity contribution in [3.8, 4) is 11.3 Å². The lowest BCUT2D eigenvalue weighted by molar-refractivity contribution is -0.868. The van der Waals surface area contributed by atoms with E-state index in [1.807, 2.05) is 0 Å². The van der Waals surface area contributed by atoms with Crippen LogP contribution in [0.15, 0.2) is 0 Å². The maximum atomic E-state index is 3.49. The molecule has 88 valence electrons. The van der Waals surface area contributed by atoms with Crippen molar-refractivity contribution in [2.45, 2.75) is 39.5 Å². The topological polar surface area (TPSA) is 0 Å². The Bertz CT molecular complexity index is 208. The van der Waals surface area contributed by atoms with Gasteiger partial charge >= 0.3 is 0 Å². The molecule has 0 N–H and O–H groups in total. The van der Waals surface area contributed by atoms with Gasteiger partial charge in [0.2, 0.25) is 0 Å². The SMILES string of the molecule is CCC[N+]1(C#CSCC)CCCCC1.[Cl-]. The van der Waals surface area contributed by atoms with Crippen LogP contribution >= 0.6 is 11.8 Å². The smallest absolute Gasteiger partial charge is 0.149 e. The highest BCUT2D eigenvalue weighted by molar-refractivity contribution is 8.03. The average Bonchev–Trinajstić information content (AvgIpc) is 2.20. The summed E-state index contributed by atoms with van der Waals surface area (Å²) in [6.07, 6.45) is 5.40. The zero-order valence-electron chi connectivity index (χ0n) is 9.89. The highest BCUT2D eigenvalue weighted by Crippen LogP contribution is 2.18. The minimum absolute atomic E-state index is 0. The van der Waals surface area contributed by atoms with Crippen LogP contribution in [0.25, 0.3) is 0 Å². The van der Waals surface area contributed by atoms with E-state index in [2.05, 4.69) is 25.1 Å². The second kappa shape index (κ2) is 8.33.